The normalized spacial score (nSPS) is 16.2. The third kappa shape index (κ3) is 3.22. The zero-order chi connectivity index (χ0) is 9.28. The van der Waals surface area contributed by atoms with Crippen molar-refractivity contribution < 1.29 is 33.8 Å². The van der Waals surface area contributed by atoms with Crippen LogP contribution in [0.3, 0.4) is 0 Å². The second-order valence-electron chi connectivity index (χ2n) is 1.12. The SMILES string of the molecule is O=S(O)OS(=O)(=O)S(=O)(=O)O. The van der Waals surface area contributed by atoms with E-state index in [9.17, 15) is 21.0 Å². The lowest BCUT2D eigenvalue weighted by atomic mass is 15.8. The smallest absolute Gasteiger partial charge is 0.283 e. The molecule has 0 amide bonds. The van der Waals surface area contributed by atoms with E-state index in [0.717, 1.165) is 0 Å². The Bertz CT molecular complexity index is 339. The van der Waals surface area contributed by atoms with Crippen molar-refractivity contribution in [3.63, 3.8) is 0 Å². The average Bonchev–Trinajstić information content (AvgIpc) is 1.56. The van der Waals surface area contributed by atoms with Crippen LogP contribution in [-0.2, 0) is 33.3 Å². The summed E-state index contributed by atoms with van der Waals surface area (Å²) in [5.41, 5.74) is 0. The van der Waals surface area contributed by atoms with Crippen molar-refractivity contribution in [3.8, 4) is 0 Å². The molecule has 68 valence electrons. The molecule has 11 heteroatoms. The highest BCUT2D eigenvalue weighted by atomic mass is 33.2. The van der Waals surface area contributed by atoms with Gasteiger partial charge in [-0.2, -0.15) is 21.0 Å². The van der Waals surface area contributed by atoms with E-state index in [1.807, 2.05) is 0 Å². The molecule has 0 radical (unpaired) electrons. The first-order chi connectivity index (χ1) is 4.67. The fourth-order valence-corrected chi connectivity index (χ4v) is 2.02. The maximum absolute atomic E-state index is 10.0. The van der Waals surface area contributed by atoms with Gasteiger partial charge >= 0.3 is 29.7 Å². The molecule has 0 bridgehead atoms. The zero-order valence-electron chi connectivity index (χ0n) is 4.57. The molecule has 1 atom stereocenters. The largest absolute Gasteiger partial charge is 0.414 e. The minimum atomic E-state index is -5.50. The summed E-state index contributed by atoms with van der Waals surface area (Å²) in [4.78, 5) is 0. The highest BCUT2D eigenvalue weighted by molar-refractivity contribution is 8.63. The third-order valence-corrected chi connectivity index (χ3v) is 4.10. The van der Waals surface area contributed by atoms with Gasteiger partial charge in [0.05, 0.1) is 0 Å². The summed E-state index contributed by atoms with van der Waals surface area (Å²) in [6.45, 7) is 0. The van der Waals surface area contributed by atoms with Crippen LogP contribution in [0.4, 0.5) is 0 Å². The van der Waals surface area contributed by atoms with Crippen molar-refractivity contribution in [3.05, 3.63) is 0 Å². The molecule has 0 rings (SSSR count). The molecule has 0 aliphatic carbocycles. The van der Waals surface area contributed by atoms with Crippen LogP contribution in [0.15, 0.2) is 0 Å². The summed E-state index contributed by atoms with van der Waals surface area (Å²) < 4.78 is 67.8. The van der Waals surface area contributed by atoms with Crippen molar-refractivity contribution >= 4 is 29.7 Å². The van der Waals surface area contributed by atoms with Crippen LogP contribution in [-0.4, -0.2) is 30.1 Å². The molecule has 0 aromatic rings. The van der Waals surface area contributed by atoms with Gasteiger partial charge in [0.1, 0.15) is 0 Å². The fraction of sp³-hybridized carbons (Fsp3) is 0. The van der Waals surface area contributed by atoms with Gasteiger partial charge in [0.2, 0.25) is 0 Å². The van der Waals surface area contributed by atoms with Crippen molar-refractivity contribution in [2.45, 2.75) is 0 Å². The van der Waals surface area contributed by atoms with E-state index in [-0.39, 0.29) is 0 Å². The van der Waals surface area contributed by atoms with Gasteiger partial charge in [0.25, 0.3) is 0 Å². The summed E-state index contributed by atoms with van der Waals surface area (Å²) in [7, 11) is -10.9. The van der Waals surface area contributed by atoms with Crippen LogP contribution in [0.2, 0.25) is 0 Å². The predicted octanol–water partition coefficient (Wildman–Crippen LogP) is -1.73. The van der Waals surface area contributed by atoms with E-state index in [1.165, 1.54) is 0 Å². The molecule has 0 spiro atoms. The van der Waals surface area contributed by atoms with Gasteiger partial charge in [-0.3, -0.25) is 9.11 Å². The van der Waals surface area contributed by atoms with Gasteiger partial charge in [0, 0.05) is 0 Å². The molecular formula is H2O8S3. The first kappa shape index (κ1) is 10.9. The number of hydrogen-bond donors (Lipinski definition) is 2. The molecule has 0 heterocycles. The van der Waals surface area contributed by atoms with E-state index in [2.05, 4.69) is 3.63 Å². The maximum Gasteiger partial charge on any atom is 0.414 e. The molecule has 8 nitrogen and oxygen atoms in total. The standard InChI is InChI=1S/H2O8S3/c1-9(2)8-11(6,7)10(3,4)5/h(H,1,2)(H,3,4,5). The Morgan fingerprint density at radius 1 is 1.18 bits per heavy atom. The summed E-state index contributed by atoms with van der Waals surface area (Å²) in [5, 5.41) is 0. The van der Waals surface area contributed by atoms with Gasteiger partial charge < -0.3 is 0 Å². The minimum absolute atomic E-state index is 2.96. The molecule has 0 saturated carbocycles. The molecule has 1 unspecified atom stereocenters. The van der Waals surface area contributed by atoms with E-state index in [1.54, 1.807) is 0 Å². The Morgan fingerprint density at radius 2 is 1.55 bits per heavy atom. The van der Waals surface area contributed by atoms with E-state index in [0.29, 0.717) is 0 Å². The Labute approximate surface area is 63.9 Å². The highest BCUT2D eigenvalue weighted by Gasteiger charge is 2.31. The first-order valence-corrected chi connectivity index (χ1v) is 6.10. The Kier molecular flexibility index (Phi) is 3.10. The maximum atomic E-state index is 10.0. The second-order valence-corrected chi connectivity index (χ2v) is 6.26. The fourth-order valence-electron chi connectivity index (χ4n) is 0.106. The van der Waals surface area contributed by atoms with Crippen LogP contribution in [0.5, 0.6) is 0 Å². The number of rotatable bonds is 3. The Hall–Kier alpha value is -0.0700. The van der Waals surface area contributed by atoms with Crippen molar-refractivity contribution in [1.29, 1.82) is 0 Å². The molecule has 0 fully saturated rings. The summed E-state index contributed by atoms with van der Waals surface area (Å²) in [6.07, 6.45) is 0. The molecule has 2 N–H and O–H groups in total. The van der Waals surface area contributed by atoms with Gasteiger partial charge in [-0.1, -0.05) is 0 Å². The Morgan fingerprint density at radius 3 is 1.64 bits per heavy atom. The Balaban J connectivity index is 4.96. The zero-order valence-corrected chi connectivity index (χ0v) is 7.02. The average molecular weight is 226 g/mol. The van der Waals surface area contributed by atoms with Crippen LogP contribution < -0.4 is 0 Å². The van der Waals surface area contributed by atoms with Gasteiger partial charge in [-0.05, 0) is 0 Å². The van der Waals surface area contributed by atoms with E-state index < -0.39 is 29.7 Å². The molecular weight excluding hydrogens is 224 g/mol. The highest BCUT2D eigenvalue weighted by Crippen LogP contribution is 2.02. The van der Waals surface area contributed by atoms with Crippen LogP contribution in [0, 0.1) is 0 Å². The third-order valence-electron chi connectivity index (χ3n) is 0.399. The van der Waals surface area contributed by atoms with E-state index in [4.69, 9.17) is 9.11 Å². The summed E-state index contributed by atoms with van der Waals surface area (Å²) >= 11 is -3.31. The number of hydrogen-bond acceptors (Lipinski definition) is 6. The van der Waals surface area contributed by atoms with Gasteiger partial charge in [0.15, 0.2) is 0 Å². The topological polar surface area (TPSA) is 135 Å². The predicted molar refractivity (Wildman–Crippen MR) is 32.3 cm³/mol. The van der Waals surface area contributed by atoms with Crippen molar-refractivity contribution in [2.75, 3.05) is 0 Å². The quantitative estimate of drug-likeness (QED) is 0.329. The van der Waals surface area contributed by atoms with E-state index >= 15 is 0 Å². The van der Waals surface area contributed by atoms with Crippen LogP contribution in [0.1, 0.15) is 0 Å². The van der Waals surface area contributed by atoms with Gasteiger partial charge in [-0.25, -0.2) is 0 Å². The molecule has 0 aromatic carbocycles. The van der Waals surface area contributed by atoms with Crippen LogP contribution in [0.25, 0.3) is 0 Å². The summed E-state index contributed by atoms with van der Waals surface area (Å²) in [5.74, 6) is 0. The lowest BCUT2D eigenvalue weighted by Crippen LogP contribution is -2.18. The monoisotopic (exact) mass is 226 g/mol. The molecule has 0 aliphatic heterocycles. The first-order valence-electron chi connectivity index (χ1n) is 1.70. The lowest BCUT2D eigenvalue weighted by molar-refractivity contribution is 0.437. The lowest BCUT2D eigenvalue weighted by Gasteiger charge is -1.94. The molecule has 0 saturated heterocycles. The van der Waals surface area contributed by atoms with Crippen LogP contribution >= 0.6 is 0 Å². The minimum Gasteiger partial charge on any atom is -0.283 e. The molecule has 0 aliphatic rings. The van der Waals surface area contributed by atoms with Crippen molar-refractivity contribution in [2.24, 2.45) is 0 Å². The van der Waals surface area contributed by atoms with Crippen molar-refractivity contribution in [1.82, 2.24) is 0 Å². The second kappa shape index (κ2) is 3.12. The van der Waals surface area contributed by atoms with Gasteiger partial charge in [-0.15, -0.1) is 3.63 Å². The molecule has 0 aromatic heterocycles. The summed E-state index contributed by atoms with van der Waals surface area (Å²) in [6, 6.07) is 0. The molecule has 11 heavy (non-hydrogen) atoms.